The number of hydrogen-bond donors (Lipinski definition) is 0. The smallest absolute Gasteiger partial charge is 0.341 e. The maximum absolute atomic E-state index is 11.7. The Hall–Kier alpha value is -2.63. The molecule has 1 aromatic rings. The van der Waals surface area contributed by atoms with Crippen molar-refractivity contribution in [1.29, 1.82) is 0 Å². The first kappa shape index (κ1) is 16.4. The Morgan fingerprint density at radius 3 is 2.24 bits per heavy atom. The minimum absolute atomic E-state index is 0.0643. The summed E-state index contributed by atoms with van der Waals surface area (Å²) >= 11 is 0. The highest BCUT2D eigenvalue weighted by atomic mass is 16.5. The van der Waals surface area contributed by atoms with E-state index in [-0.39, 0.29) is 24.5 Å². The maximum Gasteiger partial charge on any atom is 0.341 e. The summed E-state index contributed by atoms with van der Waals surface area (Å²) in [7, 11) is 0. The number of para-hydroxylation sites is 1. The van der Waals surface area contributed by atoms with Gasteiger partial charge in [-0.1, -0.05) is 12.1 Å². The van der Waals surface area contributed by atoms with E-state index in [1.165, 1.54) is 12.1 Å². The number of benzene rings is 1. The Labute approximate surface area is 122 Å². The van der Waals surface area contributed by atoms with Gasteiger partial charge < -0.3 is 14.2 Å². The van der Waals surface area contributed by atoms with Gasteiger partial charge in [0.2, 0.25) is 0 Å². The maximum atomic E-state index is 11.7. The van der Waals surface area contributed by atoms with E-state index in [2.05, 4.69) is 4.74 Å². The monoisotopic (exact) mass is 292 g/mol. The van der Waals surface area contributed by atoms with Gasteiger partial charge in [0.15, 0.2) is 0 Å². The highest BCUT2D eigenvalue weighted by molar-refractivity contribution is 5.96. The molecule has 0 heterocycles. The van der Waals surface area contributed by atoms with E-state index in [4.69, 9.17) is 9.47 Å². The molecule has 0 saturated heterocycles. The first-order chi connectivity index (χ1) is 10.1. The van der Waals surface area contributed by atoms with E-state index in [0.29, 0.717) is 0 Å². The summed E-state index contributed by atoms with van der Waals surface area (Å²) in [4.78, 5) is 34.3. The number of carbonyl (C=O) groups excluding carboxylic acids is 3. The molecule has 0 aliphatic heterocycles. The van der Waals surface area contributed by atoms with Gasteiger partial charge in [0.25, 0.3) is 0 Å². The average Bonchev–Trinajstić information content (AvgIpc) is 2.46. The van der Waals surface area contributed by atoms with Gasteiger partial charge in [-0.25, -0.2) is 14.4 Å². The first-order valence-corrected chi connectivity index (χ1v) is 6.41. The van der Waals surface area contributed by atoms with E-state index >= 15 is 0 Å². The number of rotatable bonds is 6. The largest absolute Gasteiger partial charge is 0.463 e. The van der Waals surface area contributed by atoms with E-state index in [1.807, 2.05) is 0 Å². The molecule has 0 aliphatic carbocycles. The van der Waals surface area contributed by atoms with Crippen LogP contribution in [0.3, 0.4) is 0 Å². The molecule has 0 aliphatic rings. The molecular formula is C15H16O6. The molecule has 0 bridgehead atoms. The van der Waals surface area contributed by atoms with Gasteiger partial charge in [0, 0.05) is 12.2 Å². The molecule has 0 saturated carbocycles. The molecule has 6 heteroatoms. The van der Waals surface area contributed by atoms with Crippen LogP contribution in [0, 0.1) is 0 Å². The Morgan fingerprint density at radius 1 is 0.952 bits per heavy atom. The van der Waals surface area contributed by atoms with Crippen LogP contribution < -0.4 is 4.74 Å². The molecule has 1 aromatic carbocycles. The lowest BCUT2D eigenvalue weighted by molar-refractivity contribution is -0.138. The van der Waals surface area contributed by atoms with Crippen molar-refractivity contribution in [2.45, 2.75) is 13.8 Å². The van der Waals surface area contributed by atoms with Crippen molar-refractivity contribution in [2.75, 3.05) is 13.2 Å². The molecular weight excluding hydrogens is 276 g/mol. The zero-order valence-electron chi connectivity index (χ0n) is 11.8. The van der Waals surface area contributed by atoms with Crippen LogP contribution in [0.1, 0.15) is 24.2 Å². The predicted molar refractivity (Wildman–Crippen MR) is 73.8 cm³/mol. The fourth-order valence-electron chi connectivity index (χ4n) is 1.40. The molecule has 0 N–H and O–H groups in total. The summed E-state index contributed by atoms with van der Waals surface area (Å²) in [5.74, 6) is -1.96. The van der Waals surface area contributed by atoms with Crippen LogP contribution in [0.15, 0.2) is 36.4 Å². The van der Waals surface area contributed by atoms with Gasteiger partial charge in [0.05, 0.1) is 13.2 Å². The van der Waals surface area contributed by atoms with Crippen molar-refractivity contribution in [3.63, 3.8) is 0 Å². The molecule has 0 unspecified atom stereocenters. The molecule has 0 spiro atoms. The highest BCUT2D eigenvalue weighted by Crippen LogP contribution is 2.19. The lowest BCUT2D eigenvalue weighted by Crippen LogP contribution is -2.11. The van der Waals surface area contributed by atoms with Crippen molar-refractivity contribution >= 4 is 17.9 Å². The lowest BCUT2D eigenvalue weighted by Gasteiger charge is -2.07. The van der Waals surface area contributed by atoms with Crippen LogP contribution in [0.2, 0.25) is 0 Å². The van der Waals surface area contributed by atoms with Crippen molar-refractivity contribution in [3.8, 4) is 5.75 Å². The van der Waals surface area contributed by atoms with Crippen LogP contribution >= 0.6 is 0 Å². The van der Waals surface area contributed by atoms with Crippen molar-refractivity contribution in [3.05, 3.63) is 42.0 Å². The predicted octanol–water partition coefficient (Wildman–Crippen LogP) is 1.89. The number of carbonyl (C=O) groups is 3. The van der Waals surface area contributed by atoms with Crippen LogP contribution in [-0.4, -0.2) is 31.1 Å². The molecule has 112 valence electrons. The summed E-state index contributed by atoms with van der Waals surface area (Å²) in [6, 6.07) is 6.18. The SMILES string of the molecule is CCOC(=O)C=CC(=O)Oc1ccccc1C(=O)OCC. The van der Waals surface area contributed by atoms with Gasteiger partial charge in [-0.2, -0.15) is 0 Å². The minimum atomic E-state index is -0.792. The Morgan fingerprint density at radius 2 is 1.57 bits per heavy atom. The van der Waals surface area contributed by atoms with Crippen LogP contribution in [0.5, 0.6) is 5.75 Å². The summed E-state index contributed by atoms with van der Waals surface area (Å²) in [5, 5.41) is 0. The molecule has 6 nitrogen and oxygen atoms in total. The van der Waals surface area contributed by atoms with Gasteiger partial charge in [-0.3, -0.25) is 0 Å². The summed E-state index contributed by atoms with van der Waals surface area (Å²) in [6.45, 7) is 3.75. The fraction of sp³-hybridized carbons (Fsp3) is 0.267. The van der Waals surface area contributed by atoms with Gasteiger partial charge in [0.1, 0.15) is 11.3 Å². The van der Waals surface area contributed by atoms with E-state index in [0.717, 1.165) is 12.2 Å². The number of hydrogen-bond acceptors (Lipinski definition) is 6. The molecule has 1 rings (SSSR count). The first-order valence-electron chi connectivity index (χ1n) is 6.41. The Balaban J connectivity index is 2.76. The average molecular weight is 292 g/mol. The number of esters is 3. The zero-order valence-corrected chi connectivity index (χ0v) is 11.8. The molecule has 0 aromatic heterocycles. The van der Waals surface area contributed by atoms with Crippen molar-refractivity contribution < 1.29 is 28.6 Å². The molecule has 0 amide bonds. The molecule has 0 fully saturated rings. The minimum Gasteiger partial charge on any atom is -0.463 e. The molecule has 21 heavy (non-hydrogen) atoms. The molecule has 0 atom stereocenters. The van der Waals surface area contributed by atoms with Crippen molar-refractivity contribution in [2.24, 2.45) is 0 Å². The second-order valence-corrected chi connectivity index (χ2v) is 3.72. The van der Waals surface area contributed by atoms with E-state index in [9.17, 15) is 14.4 Å². The third-order valence-corrected chi connectivity index (χ3v) is 2.24. The Bertz CT molecular complexity index is 547. The van der Waals surface area contributed by atoms with Gasteiger partial charge in [-0.15, -0.1) is 0 Å². The Kier molecular flexibility index (Phi) is 6.67. The van der Waals surface area contributed by atoms with Crippen LogP contribution in [-0.2, 0) is 19.1 Å². The lowest BCUT2D eigenvalue weighted by atomic mass is 10.2. The second kappa shape index (κ2) is 8.52. The standard InChI is InChI=1S/C15H16O6/c1-3-19-13(16)9-10-14(17)21-12-8-6-5-7-11(12)15(18)20-4-2/h5-10H,3-4H2,1-2H3. The third-order valence-electron chi connectivity index (χ3n) is 2.24. The quantitative estimate of drug-likeness (QED) is 0.452. The zero-order chi connectivity index (χ0) is 15.7. The molecule has 0 radical (unpaired) electrons. The van der Waals surface area contributed by atoms with Crippen LogP contribution in [0.25, 0.3) is 0 Å². The summed E-state index contributed by atoms with van der Waals surface area (Å²) in [5.41, 5.74) is 0.136. The fourth-order valence-corrected chi connectivity index (χ4v) is 1.40. The summed E-state index contributed by atoms with van der Waals surface area (Å²) in [6.07, 6.45) is 1.89. The second-order valence-electron chi connectivity index (χ2n) is 3.72. The van der Waals surface area contributed by atoms with E-state index < -0.39 is 17.9 Å². The van der Waals surface area contributed by atoms with E-state index in [1.54, 1.807) is 26.0 Å². The normalized spacial score (nSPS) is 10.2. The topological polar surface area (TPSA) is 78.9 Å². The number of ether oxygens (including phenoxy) is 3. The highest BCUT2D eigenvalue weighted by Gasteiger charge is 2.14. The van der Waals surface area contributed by atoms with Crippen molar-refractivity contribution in [1.82, 2.24) is 0 Å². The van der Waals surface area contributed by atoms with Gasteiger partial charge >= 0.3 is 17.9 Å². The van der Waals surface area contributed by atoms with Crippen LogP contribution in [0.4, 0.5) is 0 Å². The van der Waals surface area contributed by atoms with Gasteiger partial charge in [-0.05, 0) is 26.0 Å². The third kappa shape index (κ3) is 5.48. The summed E-state index contributed by atoms with van der Waals surface area (Å²) < 4.78 is 14.5.